The molecule has 3 rings (SSSR count). The van der Waals surface area contributed by atoms with Crippen LogP contribution in [0.1, 0.15) is 15.5 Å². The second kappa shape index (κ2) is 6.24. The first-order valence-corrected chi connectivity index (χ1v) is 7.64. The summed E-state index contributed by atoms with van der Waals surface area (Å²) in [7, 11) is 0. The number of aromatic nitrogens is 3. The predicted octanol–water partition coefficient (Wildman–Crippen LogP) is 0.921. The van der Waals surface area contributed by atoms with Crippen LogP contribution in [0.4, 0.5) is 16.8 Å². The van der Waals surface area contributed by atoms with E-state index >= 15 is 0 Å². The molecular formula is C13H16N6O2S. The van der Waals surface area contributed by atoms with Crippen LogP contribution in [-0.2, 0) is 4.74 Å². The second-order valence-corrected chi connectivity index (χ2v) is 5.81. The molecule has 2 aromatic heterocycles. The summed E-state index contributed by atoms with van der Waals surface area (Å²) in [6.45, 7) is 4.84. The number of amides is 1. The van der Waals surface area contributed by atoms with Crippen molar-refractivity contribution < 1.29 is 9.53 Å². The number of hydrogen-bond donors (Lipinski definition) is 2. The van der Waals surface area contributed by atoms with Crippen LogP contribution in [0.25, 0.3) is 0 Å². The summed E-state index contributed by atoms with van der Waals surface area (Å²) in [5.41, 5.74) is 5.23. The number of anilines is 3. The zero-order valence-corrected chi connectivity index (χ0v) is 12.9. The van der Waals surface area contributed by atoms with Gasteiger partial charge in [0, 0.05) is 19.2 Å². The fraction of sp³-hybridized carbons (Fsp3) is 0.385. The number of nitrogens with two attached hydrogens (primary N) is 1. The molecule has 0 aromatic carbocycles. The lowest BCUT2D eigenvalue weighted by Crippen LogP contribution is -2.36. The van der Waals surface area contributed by atoms with Crippen molar-refractivity contribution in [2.45, 2.75) is 6.92 Å². The molecule has 0 bridgehead atoms. The Bertz CT molecular complexity index is 683. The van der Waals surface area contributed by atoms with Gasteiger partial charge < -0.3 is 20.7 Å². The van der Waals surface area contributed by atoms with Crippen LogP contribution in [0, 0.1) is 6.92 Å². The van der Waals surface area contributed by atoms with Gasteiger partial charge in [-0.1, -0.05) is 11.3 Å². The van der Waals surface area contributed by atoms with E-state index in [0.717, 1.165) is 18.9 Å². The first kappa shape index (κ1) is 14.7. The molecule has 3 heterocycles. The Morgan fingerprint density at radius 1 is 1.41 bits per heavy atom. The summed E-state index contributed by atoms with van der Waals surface area (Å²) in [5.74, 6) is 1.67. The average Bonchev–Trinajstić information content (AvgIpc) is 2.96. The van der Waals surface area contributed by atoms with Gasteiger partial charge in [0.25, 0.3) is 5.91 Å². The molecule has 1 saturated heterocycles. The number of hydrogen-bond acceptors (Lipinski definition) is 8. The number of morpholine rings is 1. The Morgan fingerprint density at radius 2 is 2.18 bits per heavy atom. The molecule has 0 unspecified atom stereocenters. The van der Waals surface area contributed by atoms with E-state index in [-0.39, 0.29) is 0 Å². The molecule has 1 amide bonds. The van der Waals surface area contributed by atoms with Gasteiger partial charge in [-0.15, -0.1) is 0 Å². The number of aryl methyl sites for hydroxylation is 1. The van der Waals surface area contributed by atoms with E-state index in [1.165, 1.54) is 17.5 Å². The highest BCUT2D eigenvalue weighted by Crippen LogP contribution is 2.23. The summed E-state index contributed by atoms with van der Waals surface area (Å²) >= 11 is 1.19. The lowest BCUT2D eigenvalue weighted by molar-refractivity contribution is 0.100. The Labute approximate surface area is 131 Å². The minimum Gasteiger partial charge on any atom is -0.378 e. The van der Waals surface area contributed by atoms with Crippen LogP contribution in [0.2, 0.25) is 0 Å². The van der Waals surface area contributed by atoms with Crippen LogP contribution in [0.5, 0.6) is 0 Å². The Balaban J connectivity index is 1.80. The molecule has 0 aliphatic carbocycles. The van der Waals surface area contributed by atoms with Crippen molar-refractivity contribution in [3.63, 3.8) is 0 Å². The Morgan fingerprint density at radius 3 is 2.86 bits per heavy atom. The third kappa shape index (κ3) is 3.31. The first-order chi connectivity index (χ1) is 10.6. The van der Waals surface area contributed by atoms with Crippen molar-refractivity contribution in [1.82, 2.24) is 15.0 Å². The van der Waals surface area contributed by atoms with Crippen LogP contribution >= 0.6 is 11.3 Å². The molecule has 1 fully saturated rings. The van der Waals surface area contributed by atoms with Crippen LogP contribution in [0.15, 0.2) is 12.3 Å². The molecule has 2 aromatic rings. The van der Waals surface area contributed by atoms with Gasteiger partial charge in [-0.2, -0.15) is 0 Å². The fourth-order valence-corrected chi connectivity index (χ4v) is 2.80. The van der Waals surface area contributed by atoms with Gasteiger partial charge in [-0.3, -0.25) is 4.79 Å². The predicted molar refractivity (Wildman–Crippen MR) is 83.7 cm³/mol. The number of carbonyl (C=O) groups excluding carboxylic acids is 1. The van der Waals surface area contributed by atoms with Crippen LogP contribution in [-0.4, -0.2) is 47.2 Å². The molecule has 3 N–H and O–H groups in total. The third-order valence-corrected chi connectivity index (χ3v) is 4.07. The maximum Gasteiger partial charge on any atom is 0.260 e. The number of nitrogens with one attached hydrogen (secondary N) is 1. The number of nitrogens with zero attached hydrogens (tertiary/aromatic N) is 4. The number of thiazole rings is 1. The monoisotopic (exact) mass is 320 g/mol. The average molecular weight is 320 g/mol. The van der Waals surface area contributed by atoms with Crippen molar-refractivity contribution >= 4 is 34.0 Å². The SMILES string of the molecule is Cc1nc(Nc2ncc(C(N)=O)s2)cc(N2CCOCC2)n1. The van der Waals surface area contributed by atoms with E-state index in [9.17, 15) is 4.79 Å². The highest BCUT2D eigenvalue weighted by atomic mass is 32.1. The third-order valence-electron chi connectivity index (χ3n) is 3.14. The smallest absolute Gasteiger partial charge is 0.260 e. The van der Waals surface area contributed by atoms with E-state index in [2.05, 4.69) is 25.2 Å². The van der Waals surface area contributed by atoms with Gasteiger partial charge in [-0.05, 0) is 6.92 Å². The number of carbonyl (C=O) groups is 1. The summed E-state index contributed by atoms with van der Waals surface area (Å²) in [5, 5.41) is 3.66. The molecular weight excluding hydrogens is 304 g/mol. The number of ether oxygens (including phenoxy) is 1. The molecule has 116 valence electrons. The van der Waals surface area contributed by atoms with E-state index < -0.39 is 5.91 Å². The lowest BCUT2D eigenvalue weighted by Gasteiger charge is -2.28. The minimum atomic E-state index is -0.488. The molecule has 8 nitrogen and oxygen atoms in total. The zero-order valence-electron chi connectivity index (χ0n) is 12.1. The van der Waals surface area contributed by atoms with Gasteiger partial charge in [0.1, 0.15) is 22.3 Å². The van der Waals surface area contributed by atoms with E-state index in [1.807, 2.05) is 13.0 Å². The van der Waals surface area contributed by atoms with Gasteiger partial charge in [0.2, 0.25) is 0 Å². The van der Waals surface area contributed by atoms with Crippen molar-refractivity contribution in [2.75, 3.05) is 36.5 Å². The summed E-state index contributed by atoms with van der Waals surface area (Å²) in [6, 6.07) is 1.86. The lowest BCUT2D eigenvalue weighted by atomic mass is 10.4. The van der Waals surface area contributed by atoms with Gasteiger partial charge in [-0.25, -0.2) is 15.0 Å². The van der Waals surface area contributed by atoms with E-state index in [0.29, 0.717) is 34.9 Å². The highest BCUT2D eigenvalue weighted by Gasteiger charge is 2.15. The molecule has 0 radical (unpaired) electrons. The highest BCUT2D eigenvalue weighted by molar-refractivity contribution is 7.17. The van der Waals surface area contributed by atoms with E-state index in [1.54, 1.807) is 0 Å². The Hall–Kier alpha value is -2.26. The van der Waals surface area contributed by atoms with Crippen molar-refractivity contribution in [1.29, 1.82) is 0 Å². The molecule has 1 aliphatic rings. The van der Waals surface area contributed by atoms with E-state index in [4.69, 9.17) is 10.5 Å². The normalized spacial score (nSPS) is 14.9. The molecule has 1 aliphatic heterocycles. The zero-order chi connectivity index (χ0) is 15.5. The van der Waals surface area contributed by atoms with Crippen LogP contribution in [0.3, 0.4) is 0 Å². The van der Waals surface area contributed by atoms with Gasteiger partial charge in [0.05, 0.1) is 19.4 Å². The number of rotatable bonds is 4. The summed E-state index contributed by atoms with van der Waals surface area (Å²) < 4.78 is 5.35. The Kier molecular flexibility index (Phi) is 4.16. The largest absolute Gasteiger partial charge is 0.378 e. The molecule has 22 heavy (non-hydrogen) atoms. The molecule has 0 atom stereocenters. The standard InChI is InChI=1S/C13H16N6O2S/c1-8-16-10(18-13-15-7-9(22-13)12(14)20)6-11(17-8)19-2-4-21-5-3-19/h6-7H,2-5H2,1H3,(H2,14,20)(H,15,16,17,18). The summed E-state index contributed by atoms with van der Waals surface area (Å²) in [4.78, 5) is 26.6. The second-order valence-electron chi connectivity index (χ2n) is 4.78. The molecule has 0 spiro atoms. The number of primary amides is 1. The van der Waals surface area contributed by atoms with Gasteiger partial charge >= 0.3 is 0 Å². The van der Waals surface area contributed by atoms with Gasteiger partial charge in [0.15, 0.2) is 5.13 Å². The minimum absolute atomic E-state index is 0.404. The molecule has 9 heteroatoms. The van der Waals surface area contributed by atoms with Crippen molar-refractivity contribution in [3.05, 3.63) is 23.0 Å². The fourth-order valence-electron chi connectivity index (χ4n) is 2.13. The first-order valence-electron chi connectivity index (χ1n) is 6.83. The quantitative estimate of drug-likeness (QED) is 0.862. The molecule has 0 saturated carbocycles. The van der Waals surface area contributed by atoms with Crippen molar-refractivity contribution in [3.8, 4) is 0 Å². The maximum atomic E-state index is 11.1. The topological polar surface area (TPSA) is 106 Å². The summed E-state index contributed by atoms with van der Waals surface area (Å²) in [6.07, 6.45) is 1.45. The van der Waals surface area contributed by atoms with Crippen LogP contribution < -0.4 is 16.0 Å². The van der Waals surface area contributed by atoms with Crippen molar-refractivity contribution in [2.24, 2.45) is 5.73 Å². The maximum absolute atomic E-state index is 11.1.